The smallest absolute Gasteiger partial charge is 0.0192 e. The molecule has 2 N–H and O–H groups in total. The van der Waals surface area contributed by atoms with Gasteiger partial charge in [-0.25, -0.2) is 0 Å². The number of nitrogens with one attached hydrogen (secondary N) is 2. The number of nitrogens with zero attached hydrogens (tertiary/aromatic N) is 1. The number of rotatable bonds is 6. The molecule has 1 unspecified atom stereocenters. The van der Waals surface area contributed by atoms with Crippen molar-refractivity contribution in [2.45, 2.75) is 44.6 Å². The van der Waals surface area contributed by atoms with Crippen molar-refractivity contribution in [3.8, 4) is 0 Å². The van der Waals surface area contributed by atoms with E-state index >= 15 is 0 Å². The van der Waals surface area contributed by atoms with Gasteiger partial charge >= 0.3 is 0 Å². The first kappa shape index (κ1) is 12.3. The van der Waals surface area contributed by atoms with Crippen molar-refractivity contribution >= 4 is 0 Å². The van der Waals surface area contributed by atoms with E-state index in [-0.39, 0.29) is 0 Å². The van der Waals surface area contributed by atoms with Gasteiger partial charge in [-0.3, -0.25) is 0 Å². The summed E-state index contributed by atoms with van der Waals surface area (Å²) in [5.74, 6) is 0. The molecule has 0 bridgehead atoms. The minimum Gasteiger partial charge on any atom is -0.315 e. The van der Waals surface area contributed by atoms with Crippen LogP contribution in [0.1, 0.15) is 38.5 Å². The molecular weight excluding hydrogens is 198 g/mol. The molecule has 3 heteroatoms. The lowest BCUT2D eigenvalue weighted by molar-refractivity contribution is 0.326. The zero-order valence-electron chi connectivity index (χ0n) is 10.5. The zero-order valence-corrected chi connectivity index (χ0v) is 10.5. The van der Waals surface area contributed by atoms with Crippen molar-refractivity contribution in [3.63, 3.8) is 0 Å². The molecule has 0 aromatic carbocycles. The van der Waals surface area contributed by atoms with Gasteiger partial charge in [0.05, 0.1) is 0 Å². The molecule has 2 aliphatic rings. The molecule has 94 valence electrons. The minimum atomic E-state index is 0.737. The average Bonchev–Trinajstić information content (AvgIpc) is 2.83. The molecule has 0 spiro atoms. The predicted molar refractivity (Wildman–Crippen MR) is 68.8 cm³/mol. The van der Waals surface area contributed by atoms with Crippen LogP contribution in [0.5, 0.6) is 0 Å². The monoisotopic (exact) mass is 225 g/mol. The summed E-state index contributed by atoms with van der Waals surface area (Å²) in [7, 11) is 0. The maximum atomic E-state index is 3.59. The van der Waals surface area contributed by atoms with Gasteiger partial charge in [0.25, 0.3) is 0 Å². The summed E-state index contributed by atoms with van der Waals surface area (Å²) in [5, 5.41) is 7.17. The normalized spacial score (nSPS) is 27.4. The van der Waals surface area contributed by atoms with E-state index in [1.54, 1.807) is 0 Å². The van der Waals surface area contributed by atoms with E-state index in [0.29, 0.717) is 0 Å². The van der Waals surface area contributed by atoms with Crippen LogP contribution in [-0.4, -0.2) is 50.2 Å². The van der Waals surface area contributed by atoms with Crippen LogP contribution >= 0.6 is 0 Å². The van der Waals surface area contributed by atoms with Gasteiger partial charge in [0.15, 0.2) is 0 Å². The van der Waals surface area contributed by atoms with E-state index in [1.165, 1.54) is 77.8 Å². The van der Waals surface area contributed by atoms with Crippen LogP contribution in [0, 0.1) is 0 Å². The molecule has 2 heterocycles. The maximum absolute atomic E-state index is 3.59. The maximum Gasteiger partial charge on any atom is 0.0192 e. The zero-order chi connectivity index (χ0) is 11.1. The first-order valence-electron chi connectivity index (χ1n) is 7.11. The molecule has 0 aromatic rings. The molecule has 16 heavy (non-hydrogen) atoms. The largest absolute Gasteiger partial charge is 0.315 e. The second-order valence-corrected chi connectivity index (χ2v) is 5.25. The van der Waals surface area contributed by atoms with Crippen LogP contribution in [0.25, 0.3) is 0 Å². The topological polar surface area (TPSA) is 27.3 Å². The molecular formula is C13H27N3. The van der Waals surface area contributed by atoms with Crippen LogP contribution in [0.2, 0.25) is 0 Å². The van der Waals surface area contributed by atoms with Crippen LogP contribution in [0.4, 0.5) is 0 Å². The van der Waals surface area contributed by atoms with Gasteiger partial charge < -0.3 is 15.5 Å². The van der Waals surface area contributed by atoms with Crippen LogP contribution in [0.15, 0.2) is 0 Å². The Labute approximate surface area is 100.0 Å². The number of likely N-dealkylation sites (tertiary alicyclic amines) is 1. The van der Waals surface area contributed by atoms with Crippen molar-refractivity contribution in [2.24, 2.45) is 0 Å². The number of hydrogen-bond donors (Lipinski definition) is 2. The molecule has 1 atom stereocenters. The van der Waals surface area contributed by atoms with E-state index in [4.69, 9.17) is 0 Å². The highest BCUT2D eigenvalue weighted by atomic mass is 15.1. The van der Waals surface area contributed by atoms with Gasteiger partial charge in [0.2, 0.25) is 0 Å². The Balaban J connectivity index is 1.42. The summed E-state index contributed by atoms with van der Waals surface area (Å²) in [4.78, 5) is 2.60. The Kier molecular flexibility index (Phi) is 5.59. The molecule has 0 radical (unpaired) electrons. The van der Waals surface area contributed by atoms with Crippen molar-refractivity contribution in [1.29, 1.82) is 0 Å². The van der Waals surface area contributed by atoms with E-state index in [9.17, 15) is 0 Å². The van der Waals surface area contributed by atoms with Gasteiger partial charge in [0, 0.05) is 12.6 Å². The van der Waals surface area contributed by atoms with E-state index in [2.05, 4.69) is 15.5 Å². The summed E-state index contributed by atoms with van der Waals surface area (Å²) in [6.45, 7) is 7.55. The molecule has 0 saturated carbocycles. The van der Waals surface area contributed by atoms with Crippen molar-refractivity contribution in [2.75, 3.05) is 39.3 Å². The summed E-state index contributed by atoms with van der Waals surface area (Å²) in [6.07, 6.45) is 8.28. The highest BCUT2D eigenvalue weighted by molar-refractivity contribution is 4.74. The Bertz CT molecular complexity index is 172. The van der Waals surface area contributed by atoms with E-state index in [0.717, 1.165) is 6.04 Å². The second-order valence-electron chi connectivity index (χ2n) is 5.25. The lowest BCUT2D eigenvalue weighted by atomic mass is 10.1. The second kappa shape index (κ2) is 7.25. The molecule has 2 rings (SSSR count). The fourth-order valence-electron chi connectivity index (χ4n) is 2.81. The lowest BCUT2D eigenvalue weighted by Gasteiger charge is -2.24. The number of hydrogen-bond acceptors (Lipinski definition) is 3. The summed E-state index contributed by atoms with van der Waals surface area (Å²) >= 11 is 0. The van der Waals surface area contributed by atoms with Gasteiger partial charge in [-0.15, -0.1) is 0 Å². The summed E-state index contributed by atoms with van der Waals surface area (Å²) < 4.78 is 0. The van der Waals surface area contributed by atoms with Crippen molar-refractivity contribution in [1.82, 2.24) is 15.5 Å². The lowest BCUT2D eigenvalue weighted by Crippen LogP contribution is -2.42. The average molecular weight is 225 g/mol. The van der Waals surface area contributed by atoms with Crippen LogP contribution in [-0.2, 0) is 0 Å². The molecule has 0 amide bonds. The molecule has 2 fully saturated rings. The molecule has 3 nitrogen and oxygen atoms in total. The summed E-state index contributed by atoms with van der Waals surface area (Å²) in [5.41, 5.74) is 0. The molecule has 2 aliphatic heterocycles. The highest BCUT2D eigenvalue weighted by Crippen LogP contribution is 2.07. The van der Waals surface area contributed by atoms with E-state index in [1.807, 2.05) is 0 Å². The SMILES string of the molecule is C1CCC(CNCCCN2CCCC2)NC1. The first-order chi connectivity index (χ1) is 7.95. The molecule has 2 saturated heterocycles. The summed E-state index contributed by atoms with van der Waals surface area (Å²) in [6, 6.07) is 0.737. The fraction of sp³-hybridized carbons (Fsp3) is 1.00. The Morgan fingerprint density at radius 1 is 1.12 bits per heavy atom. The fourth-order valence-corrected chi connectivity index (χ4v) is 2.81. The third-order valence-corrected chi connectivity index (χ3v) is 3.83. The Morgan fingerprint density at radius 3 is 2.75 bits per heavy atom. The van der Waals surface area contributed by atoms with Crippen molar-refractivity contribution in [3.05, 3.63) is 0 Å². The van der Waals surface area contributed by atoms with Gasteiger partial charge in [-0.1, -0.05) is 6.42 Å². The predicted octanol–water partition coefficient (Wildman–Crippen LogP) is 1.20. The third kappa shape index (κ3) is 4.40. The van der Waals surface area contributed by atoms with Gasteiger partial charge in [-0.2, -0.15) is 0 Å². The van der Waals surface area contributed by atoms with Crippen LogP contribution in [0.3, 0.4) is 0 Å². The van der Waals surface area contributed by atoms with E-state index < -0.39 is 0 Å². The Hall–Kier alpha value is -0.120. The molecule has 0 aromatic heterocycles. The standard InChI is InChI=1S/C13H27N3/c1-2-8-15-13(6-1)12-14-7-5-11-16-9-3-4-10-16/h13-15H,1-12H2. The molecule has 0 aliphatic carbocycles. The highest BCUT2D eigenvalue weighted by Gasteiger charge is 2.12. The quantitative estimate of drug-likeness (QED) is 0.665. The third-order valence-electron chi connectivity index (χ3n) is 3.83. The van der Waals surface area contributed by atoms with Gasteiger partial charge in [-0.05, 0) is 64.8 Å². The number of piperidine rings is 1. The Morgan fingerprint density at radius 2 is 2.00 bits per heavy atom. The minimum absolute atomic E-state index is 0.737. The van der Waals surface area contributed by atoms with Gasteiger partial charge in [0.1, 0.15) is 0 Å². The first-order valence-corrected chi connectivity index (χ1v) is 7.11. The van der Waals surface area contributed by atoms with Crippen LogP contribution < -0.4 is 10.6 Å². The van der Waals surface area contributed by atoms with Crippen molar-refractivity contribution < 1.29 is 0 Å².